The predicted octanol–water partition coefficient (Wildman–Crippen LogP) is 1.49. The van der Waals surface area contributed by atoms with Crippen molar-refractivity contribution >= 4 is 27.3 Å². The van der Waals surface area contributed by atoms with E-state index in [9.17, 15) is 17.6 Å². The molecule has 0 bridgehead atoms. The van der Waals surface area contributed by atoms with Gasteiger partial charge in [0.1, 0.15) is 10.7 Å². The highest BCUT2D eigenvalue weighted by Gasteiger charge is 2.33. The number of carbonyl (C=O) groups is 1. The Morgan fingerprint density at radius 1 is 1.14 bits per heavy atom. The molecule has 114 valence electrons. The molecule has 3 N–H and O–H groups in total. The summed E-state index contributed by atoms with van der Waals surface area (Å²) in [6.07, 6.45) is -1.22. The van der Waals surface area contributed by atoms with Crippen LogP contribution in [0.1, 0.15) is 0 Å². The maximum Gasteiger partial charge on any atom is 0.262 e. The van der Waals surface area contributed by atoms with Crippen molar-refractivity contribution in [1.82, 2.24) is 4.72 Å². The molecule has 0 unspecified atom stereocenters. The smallest absolute Gasteiger partial charge is 0.262 e. The number of hydrogen-bond donors (Lipinski definition) is 3. The Bertz CT molecular complexity index is 824. The van der Waals surface area contributed by atoms with Gasteiger partial charge in [-0.1, -0.05) is 18.2 Å². The van der Waals surface area contributed by atoms with Crippen LogP contribution in [0.4, 0.5) is 15.8 Å². The maximum absolute atomic E-state index is 13.3. The maximum atomic E-state index is 13.3. The molecule has 0 saturated heterocycles. The number of benzene rings is 2. The molecule has 0 fully saturated rings. The van der Waals surface area contributed by atoms with Crippen LogP contribution < -0.4 is 15.4 Å². The number of fused-ring (bicyclic) bond motifs is 1. The number of amides is 1. The number of sulfonamides is 1. The molecule has 8 heteroatoms. The Labute approximate surface area is 126 Å². The zero-order valence-corrected chi connectivity index (χ0v) is 12.0. The van der Waals surface area contributed by atoms with Gasteiger partial charge in [-0.2, -0.15) is 4.72 Å². The van der Waals surface area contributed by atoms with Crippen LogP contribution in [-0.4, -0.2) is 20.5 Å². The molecule has 0 radical (unpaired) electrons. The lowest BCUT2D eigenvalue weighted by molar-refractivity contribution is -0.117. The summed E-state index contributed by atoms with van der Waals surface area (Å²) in [5.74, 6) is -1.18. The van der Waals surface area contributed by atoms with Crippen molar-refractivity contribution in [2.45, 2.75) is 11.1 Å². The minimum atomic E-state index is -3.89. The van der Waals surface area contributed by atoms with E-state index in [0.29, 0.717) is 5.69 Å². The molecule has 1 heterocycles. The quantitative estimate of drug-likeness (QED) is 0.782. The van der Waals surface area contributed by atoms with E-state index >= 15 is 0 Å². The van der Waals surface area contributed by atoms with Crippen molar-refractivity contribution in [3.8, 4) is 0 Å². The molecule has 2 aromatic rings. The van der Waals surface area contributed by atoms with Gasteiger partial charge in [-0.25, -0.2) is 12.8 Å². The second-order valence-electron chi connectivity index (χ2n) is 4.69. The molecule has 2 aromatic carbocycles. The molecule has 22 heavy (non-hydrogen) atoms. The molecule has 6 nitrogen and oxygen atoms in total. The summed E-state index contributed by atoms with van der Waals surface area (Å²) in [6, 6.07) is 11.8. The molecule has 0 aliphatic carbocycles. The van der Waals surface area contributed by atoms with E-state index in [1.165, 1.54) is 0 Å². The molecule has 1 aliphatic rings. The van der Waals surface area contributed by atoms with Crippen LogP contribution >= 0.6 is 0 Å². The van der Waals surface area contributed by atoms with Crippen LogP contribution in [0.5, 0.6) is 0 Å². The summed E-state index contributed by atoms with van der Waals surface area (Å²) >= 11 is 0. The van der Waals surface area contributed by atoms with Gasteiger partial charge >= 0.3 is 0 Å². The van der Waals surface area contributed by atoms with E-state index in [1.54, 1.807) is 30.3 Å². The van der Waals surface area contributed by atoms with E-state index in [1.807, 2.05) is 0 Å². The van der Waals surface area contributed by atoms with Crippen LogP contribution in [0, 0.1) is 5.82 Å². The van der Waals surface area contributed by atoms with Gasteiger partial charge < -0.3 is 10.6 Å². The van der Waals surface area contributed by atoms with E-state index < -0.39 is 27.9 Å². The van der Waals surface area contributed by atoms with Crippen LogP contribution in [0.3, 0.4) is 0 Å². The molecule has 0 spiro atoms. The standard InChI is InChI=1S/C14H12FN3O3S/c15-9-6-7-12-11(8-9)17-13(18-22(12,20)21)14(19)16-10-4-2-1-3-5-10/h1-8,13,17-18H,(H,16,19)/t13-/m1/s1. The summed E-state index contributed by atoms with van der Waals surface area (Å²) < 4.78 is 39.7. The molecular formula is C14H12FN3O3S. The summed E-state index contributed by atoms with van der Waals surface area (Å²) in [4.78, 5) is 12.1. The van der Waals surface area contributed by atoms with Gasteiger partial charge in [-0.3, -0.25) is 4.79 Å². The van der Waals surface area contributed by atoms with Gasteiger partial charge in [0.15, 0.2) is 6.17 Å². The Hall–Kier alpha value is -2.45. The summed E-state index contributed by atoms with van der Waals surface area (Å²) in [5.41, 5.74) is 0.575. The number of hydrogen-bond acceptors (Lipinski definition) is 4. The second-order valence-corrected chi connectivity index (χ2v) is 6.38. The summed E-state index contributed by atoms with van der Waals surface area (Å²) in [5, 5.41) is 5.24. The summed E-state index contributed by atoms with van der Waals surface area (Å²) in [7, 11) is -3.89. The van der Waals surface area contributed by atoms with Gasteiger partial charge in [0.25, 0.3) is 5.91 Å². The highest BCUT2D eigenvalue weighted by atomic mass is 32.2. The van der Waals surface area contributed by atoms with Gasteiger partial charge in [-0.05, 0) is 30.3 Å². The van der Waals surface area contributed by atoms with Gasteiger partial charge in [0.05, 0.1) is 5.69 Å². The van der Waals surface area contributed by atoms with Crippen LogP contribution in [0.2, 0.25) is 0 Å². The summed E-state index contributed by atoms with van der Waals surface area (Å²) in [6.45, 7) is 0. The fraction of sp³-hybridized carbons (Fsp3) is 0.0714. The monoisotopic (exact) mass is 321 g/mol. The van der Waals surface area contributed by atoms with Crippen LogP contribution in [-0.2, 0) is 14.8 Å². The minimum absolute atomic E-state index is 0.0481. The van der Waals surface area contributed by atoms with Crippen molar-refractivity contribution in [2.75, 3.05) is 10.6 Å². The zero-order chi connectivity index (χ0) is 15.7. The largest absolute Gasteiger partial charge is 0.360 e. The topological polar surface area (TPSA) is 87.3 Å². The normalized spacial score (nSPS) is 18.9. The molecule has 1 amide bonds. The van der Waals surface area contributed by atoms with Crippen LogP contribution in [0.25, 0.3) is 0 Å². The lowest BCUT2D eigenvalue weighted by Crippen LogP contribution is -2.51. The number of rotatable bonds is 2. The number of para-hydroxylation sites is 1. The first kappa shape index (κ1) is 14.5. The lowest BCUT2D eigenvalue weighted by Gasteiger charge is -2.27. The Balaban J connectivity index is 1.87. The van der Waals surface area contributed by atoms with Crippen molar-refractivity contribution in [3.05, 3.63) is 54.3 Å². The van der Waals surface area contributed by atoms with Gasteiger partial charge in [0, 0.05) is 5.69 Å². The first-order valence-electron chi connectivity index (χ1n) is 6.40. The van der Waals surface area contributed by atoms with Crippen molar-refractivity contribution in [1.29, 1.82) is 0 Å². The van der Waals surface area contributed by atoms with E-state index in [0.717, 1.165) is 18.2 Å². The minimum Gasteiger partial charge on any atom is -0.360 e. The molecule has 3 rings (SSSR count). The Morgan fingerprint density at radius 2 is 1.86 bits per heavy atom. The second kappa shape index (κ2) is 5.39. The Morgan fingerprint density at radius 3 is 2.59 bits per heavy atom. The fourth-order valence-electron chi connectivity index (χ4n) is 2.11. The Kier molecular flexibility index (Phi) is 3.55. The van der Waals surface area contributed by atoms with Gasteiger partial charge in [0.2, 0.25) is 10.0 Å². The fourth-order valence-corrected chi connectivity index (χ4v) is 3.37. The van der Waals surface area contributed by atoms with Crippen molar-refractivity contribution in [2.24, 2.45) is 0 Å². The molecule has 1 atom stereocenters. The van der Waals surface area contributed by atoms with Crippen LogP contribution in [0.15, 0.2) is 53.4 Å². The average molecular weight is 321 g/mol. The zero-order valence-electron chi connectivity index (χ0n) is 11.2. The molecule has 0 saturated carbocycles. The highest BCUT2D eigenvalue weighted by molar-refractivity contribution is 7.89. The van der Waals surface area contributed by atoms with E-state index in [-0.39, 0.29) is 10.6 Å². The van der Waals surface area contributed by atoms with Crippen molar-refractivity contribution < 1.29 is 17.6 Å². The number of carbonyl (C=O) groups excluding carboxylic acids is 1. The van der Waals surface area contributed by atoms with Crippen molar-refractivity contribution in [3.63, 3.8) is 0 Å². The number of nitrogens with one attached hydrogen (secondary N) is 3. The third-order valence-corrected chi connectivity index (χ3v) is 4.59. The third kappa shape index (κ3) is 2.78. The first-order chi connectivity index (χ1) is 10.5. The molecular weight excluding hydrogens is 309 g/mol. The SMILES string of the molecule is O=C(Nc1ccccc1)[C@@H]1Nc2cc(F)ccc2S(=O)(=O)N1. The number of anilines is 2. The molecule has 0 aromatic heterocycles. The lowest BCUT2D eigenvalue weighted by atomic mass is 10.2. The predicted molar refractivity (Wildman–Crippen MR) is 79.2 cm³/mol. The highest BCUT2D eigenvalue weighted by Crippen LogP contribution is 2.26. The van der Waals surface area contributed by atoms with Gasteiger partial charge in [-0.15, -0.1) is 0 Å². The third-order valence-electron chi connectivity index (χ3n) is 3.11. The first-order valence-corrected chi connectivity index (χ1v) is 7.88. The number of halogens is 1. The van der Waals surface area contributed by atoms with E-state index in [2.05, 4.69) is 15.4 Å². The average Bonchev–Trinajstić information content (AvgIpc) is 2.46. The van der Waals surface area contributed by atoms with E-state index in [4.69, 9.17) is 0 Å². The molecule has 1 aliphatic heterocycles.